The molecule has 0 saturated heterocycles. The fourth-order valence-electron chi connectivity index (χ4n) is 1.56. The molecule has 2 nitrogen and oxygen atoms in total. The van der Waals surface area contributed by atoms with Crippen LogP contribution in [-0.4, -0.2) is 9.97 Å². The van der Waals surface area contributed by atoms with Crippen LogP contribution >= 0.6 is 22.9 Å². The predicted octanol–water partition coefficient (Wildman–Crippen LogP) is 4.15. The normalized spacial score (nSPS) is 10.9. The van der Waals surface area contributed by atoms with E-state index in [1.165, 1.54) is 23.6 Å². The van der Waals surface area contributed by atoms with Crippen molar-refractivity contribution >= 4 is 33.2 Å². The summed E-state index contributed by atoms with van der Waals surface area (Å²) in [5.41, 5.74) is 0.880. The van der Waals surface area contributed by atoms with Crippen LogP contribution in [0.5, 0.6) is 0 Å². The largest absolute Gasteiger partial charge is 0.228 e. The summed E-state index contributed by atoms with van der Waals surface area (Å²) >= 11 is 7.34. The zero-order valence-electron chi connectivity index (χ0n) is 8.52. The fraction of sp³-hybridized carbons (Fsp3) is 0. The van der Waals surface area contributed by atoms with Gasteiger partial charge in [-0.2, -0.15) is 4.39 Å². The van der Waals surface area contributed by atoms with Crippen LogP contribution in [0.25, 0.3) is 20.7 Å². The summed E-state index contributed by atoms with van der Waals surface area (Å²) in [4.78, 5) is 9.74. The summed E-state index contributed by atoms with van der Waals surface area (Å²) in [6, 6.07) is 8.72. The molecule has 0 saturated carbocycles. The third kappa shape index (κ3) is 2.01. The smallest absolute Gasteiger partial charge is 0.212 e. The van der Waals surface area contributed by atoms with Crippen molar-refractivity contribution in [2.24, 2.45) is 0 Å². The Morgan fingerprint density at radius 3 is 2.82 bits per heavy atom. The number of thiophene rings is 1. The number of hydrogen-bond donors (Lipinski definition) is 0. The van der Waals surface area contributed by atoms with E-state index in [0.29, 0.717) is 5.15 Å². The van der Waals surface area contributed by atoms with Gasteiger partial charge in [0.2, 0.25) is 5.95 Å². The SMILES string of the molecule is Fc1ccc(-c2cc3ccc(Cl)nc3s2)cn1. The van der Waals surface area contributed by atoms with Crippen LogP contribution in [0.4, 0.5) is 4.39 Å². The molecule has 84 valence electrons. The van der Waals surface area contributed by atoms with Crippen molar-refractivity contribution in [2.45, 2.75) is 0 Å². The Bertz CT molecular complexity index is 679. The van der Waals surface area contributed by atoms with Crippen molar-refractivity contribution in [3.63, 3.8) is 0 Å². The van der Waals surface area contributed by atoms with Crippen LogP contribution in [0.2, 0.25) is 5.15 Å². The Kier molecular flexibility index (Phi) is 2.53. The van der Waals surface area contributed by atoms with Gasteiger partial charge in [-0.1, -0.05) is 11.6 Å². The van der Waals surface area contributed by atoms with Crippen LogP contribution < -0.4 is 0 Å². The van der Waals surface area contributed by atoms with E-state index in [1.54, 1.807) is 12.1 Å². The summed E-state index contributed by atoms with van der Waals surface area (Å²) in [5, 5.41) is 1.50. The van der Waals surface area contributed by atoms with Gasteiger partial charge in [-0.05, 0) is 30.3 Å². The molecule has 0 atom stereocenters. The highest BCUT2D eigenvalue weighted by molar-refractivity contribution is 7.21. The van der Waals surface area contributed by atoms with Crippen molar-refractivity contribution in [1.29, 1.82) is 0 Å². The van der Waals surface area contributed by atoms with Gasteiger partial charge in [-0.3, -0.25) is 0 Å². The van der Waals surface area contributed by atoms with E-state index in [2.05, 4.69) is 9.97 Å². The Balaban J connectivity index is 2.14. The number of nitrogens with zero attached hydrogens (tertiary/aromatic N) is 2. The van der Waals surface area contributed by atoms with Crippen LogP contribution in [0.1, 0.15) is 0 Å². The Morgan fingerprint density at radius 2 is 2.06 bits per heavy atom. The molecule has 0 spiro atoms. The van der Waals surface area contributed by atoms with Crippen LogP contribution in [0.3, 0.4) is 0 Å². The van der Waals surface area contributed by atoms with Gasteiger partial charge in [0.05, 0.1) is 0 Å². The van der Waals surface area contributed by atoms with Crippen molar-refractivity contribution in [3.8, 4) is 10.4 Å². The number of hydrogen-bond acceptors (Lipinski definition) is 3. The zero-order valence-corrected chi connectivity index (χ0v) is 10.1. The Hall–Kier alpha value is -1.52. The van der Waals surface area contributed by atoms with E-state index in [1.807, 2.05) is 12.1 Å². The van der Waals surface area contributed by atoms with Gasteiger partial charge in [0.25, 0.3) is 0 Å². The first-order valence-corrected chi connectivity index (χ1v) is 6.10. The van der Waals surface area contributed by atoms with E-state index in [9.17, 15) is 4.39 Å². The molecule has 3 heterocycles. The molecule has 3 aromatic heterocycles. The molecule has 0 aliphatic rings. The van der Waals surface area contributed by atoms with E-state index in [0.717, 1.165) is 20.7 Å². The van der Waals surface area contributed by atoms with Gasteiger partial charge in [-0.25, -0.2) is 9.97 Å². The maximum absolute atomic E-state index is 12.7. The number of rotatable bonds is 1. The van der Waals surface area contributed by atoms with Gasteiger partial charge in [-0.15, -0.1) is 11.3 Å². The molecule has 0 bridgehead atoms. The molecule has 3 rings (SSSR count). The summed E-state index contributed by atoms with van der Waals surface area (Å²) in [7, 11) is 0. The van der Waals surface area contributed by atoms with Crippen molar-refractivity contribution in [3.05, 3.63) is 47.6 Å². The number of halogens is 2. The van der Waals surface area contributed by atoms with Crippen molar-refractivity contribution in [2.75, 3.05) is 0 Å². The first-order valence-electron chi connectivity index (χ1n) is 4.90. The minimum atomic E-state index is -0.476. The molecule has 0 aromatic carbocycles. The lowest BCUT2D eigenvalue weighted by Gasteiger charge is -1.94. The molecule has 0 radical (unpaired) electrons. The topological polar surface area (TPSA) is 25.8 Å². The molecule has 0 unspecified atom stereocenters. The van der Waals surface area contributed by atoms with Crippen molar-refractivity contribution < 1.29 is 4.39 Å². The maximum atomic E-state index is 12.7. The molecular weight excluding hydrogens is 259 g/mol. The van der Waals surface area contributed by atoms with Gasteiger partial charge >= 0.3 is 0 Å². The minimum Gasteiger partial charge on any atom is -0.228 e. The summed E-state index contributed by atoms with van der Waals surface area (Å²) in [6.07, 6.45) is 1.52. The molecule has 3 aromatic rings. The lowest BCUT2D eigenvalue weighted by molar-refractivity contribution is 0.584. The highest BCUT2D eigenvalue weighted by Gasteiger charge is 2.06. The quantitative estimate of drug-likeness (QED) is 0.617. The highest BCUT2D eigenvalue weighted by atomic mass is 35.5. The van der Waals surface area contributed by atoms with E-state index >= 15 is 0 Å². The summed E-state index contributed by atoms with van der Waals surface area (Å²) in [5.74, 6) is -0.476. The molecule has 0 fully saturated rings. The fourth-order valence-corrected chi connectivity index (χ4v) is 2.78. The van der Waals surface area contributed by atoms with Crippen molar-refractivity contribution in [1.82, 2.24) is 9.97 Å². The molecular formula is C12H6ClFN2S. The first kappa shape index (κ1) is 10.6. The average Bonchev–Trinajstić information content (AvgIpc) is 2.72. The first-order chi connectivity index (χ1) is 8.22. The number of aromatic nitrogens is 2. The van der Waals surface area contributed by atoms with Gasteiger partial charge < -0.3 is 0 Å². The van der Waals surface area contributed by atoms with Crippen LogP contribution in [-0.2, 0) is 0 Å². The van der Waals surface area contributed by atoms with Gasteiger partial charge in [0, 0.05) is 22.0 Å². The van der Waals surface area contributed by atoms with Crippen LogP contribution in [0.15, 0.2) is 36.5 Å². The third-order valence-electron chi connectivity index (χ3n) is 2.36. The molecule has 5 heteroatoms. The van der Waals surface area contributed by atoms with E-state index < -0.39 is 5.95 Å². The lowest BCUT2D eigenvalue weighted by Crippen LogP contribution is -1.80. The second-order valence-electron chi connectivity index (χ2n) is 3.51. The number of pyridine rings is 2. The highest BCUT2D eigenvalue weighted by Crippen LogP contribution is 2.32. The second-order valence-corrected chi connectivity index (χ2v) is 4.93. The van der Waals surface area contributed by atoms with E-state index in [4.69, 9.17) is 11.6 Å². The number of fused-ring (bicyclic) bond motifs is 1. The van der Waals surface area contributed by atoms with Gasteiger partial charge in [0.1, 0.15) is 9.98 Å². The average molecular weight is 265 g/mol. The van der Waals surface area contributed by atoms with Gasteiger partial charge in [0.15, 0.2) is 0 Å². The van der Waals surface area contributed by atoms with E-state index in [-0.39, 0.29) is 0 Å². The van der Waals surface area contributed by atoms with Crippen LogP contribution in [0, 0.1) is 5.95 Å². The predicted molar refractivity (Wildman–Crippen MR) is 67.8 cm³/mol. The standard InChI is InChI=1S/C12H6ClFN2S/c13-10-3-1-7-5-9(17-12(7)16-10)8-2-4-11(14)15-6-8/h1-6H. The zero-order chi connectivity index (χ0) is 11.8. The second kappa shape index (κ2) is 4.05. The summed E-state index contributed by atoms with van der Waals surface area (Å²) < 4.78 is 12.7. The third-order valence-corrected chi connectivity index (χ3v) is 3.67. The minimum absolute atomic E-state index is 0.475. The lowest BCUT2D eigenvalue weighted by atomic mass is 10.2. The molecule has 0 amide bonds. The molecule has 0 aliphatic carbocycles. The Labute approximate surface area is 106 Å². The monoisotopic (exact) mass is 264 g/mol. The molecule has 0 aliphatic heterocycles. The molecule has 17 heavy (non-hydrogen) atoms. The summed E-state index contributed by atoms with van der Waals surface area (Å²) in [6.45, 7) is 0. The maximum Gasteiger partial charge on any atom is 0.212 e. The Morgan fingerprint density at radius 1 is 1.18 bits per heavy atom. The molecule has 0 N–H and O–H groups in total.